The number of methoxy groups -OCH3 is 1. The lowest BCUT2D eigenvalue weighted by molar-refractivity contribution is -0.0566. The van der Waals surface area contributed by atoms with Crippen molar-refractivity contribution in [2.24, 2.45) is 0 Å². The molecule has 4 unspecified atom stereocenters. The predicted molar refractivity (Wildman–Crippen MR) is 103 cm³/mol. The fraction of sp³-hybridized carbons (Fsp3) is 0.625. The average Bonchev–Trinajstić information content (AvgIpc) is 3.28. The number of ether oxygens (including phenoxy) is 2. The Morgan fingerprint density at radius 2 is 2.00 bits per heavy atom. The summed E-state index contributed by atoms with van der Waals surface area (Å²) in [7, 11) is -2.23. The second-order valence-electron chi connectivity index (χ2n) is 6.41. The molecule has 0 radical (unpaired) electrons. The summed E-state index contributed by atoms with van der Waals surface area (Å²) in [6.07, 6.45) is -1.13. The molecule has 4 atom stereocenters. The second-order valence-corrected chi connectivity index (χ2v) is 8.37. The van der Waals surface area contributed by atoms with E-state index < -0.39 is 43.4 Å². The standard InChI is InChI=1S/C16H24N5O8P/c1-4-27-30(25,28-5-2)12-9-20(19-18-12)8-10-13(23)14(26-3)15(29-10)21-7-6-11(22)17-16(21)24/h6-7,9-10,13-15,23H,4-5,8H2,1-3H3,(H,17,22,24). The zero-order valence-electron chi connectivity index (χ0n) is 16.7. The van der Waals surface area contributed by atoms with E-state index in [1.54, 1.807) is 13.8 Å². The van der Waals surface area contributed by atoms with E-state index >= 15 is 0 Å². The van der Waals surface area contributed by atoms with Crippen LogP contribution in [-0.4, -0.2) is 68.3 Å². The third-order valence-corrected chi connectivity index (χ3v) is 6.44. The molecule has 0 saturated carbocycles. The van der Waals surface area contributed by atoms with Crippen molar-refractivity contribution in [3.05, 3.63) is 39.3 Å². The van der Waals surface area contributed by atoms with Crippen LogP contribution in [0.2, 0.25) is 0 Å². The van der Waals surface area contributed by atoms with Crippen molar-refractivity contribution in [3.63, 3.8) is 0 Å². The van der Waals surface area contributed by atoms with E-state index in [9.17, 15) is 19.3 Å². The number of rotatable bonds is 9. The van der Waals surface area contributed by atoms with Gasteiger partial charge in [0.25, 0.3) is 5.56 Å². The molecule has 1 aliphatic rings. The first-order chi connectivity index (χ1) is 14.3. The molecule has 1 aliphatic heterocycles. The van der Waals surface area contributed by atoms with Gasteiger partial charge in [0, 0.05) is 19.4 Å². The number of nitrogens with one attached hydrogen (secondary N) is 1. The SMILES string of the molecule is CCOP(=O)(OCC)c1cn(CC2OC(n3ccc(=O)[nH]c3=O)C(OC)C2O)nn1. The monoisotopic (exact) mass is 445 g/mol. The van der Waals surface area contributed by atoms with Crippen LogP contribution in [0.25, 0.3) is 0 Å². The third-order valence-electron chi connectivity index (χ3n) is 4.48. The van der Waals surface area contributed by atoms with Crippen LogP contribution in [0.4, 0.5) is 0 Å². The fourth-order valence-electron chi connectivity index (χ4n) is 3.17. The molecule has 3 heterocycles. The van der Waals surface area contributed by atoms with Gasteiger partial charge in [0.1, 0.15) is 18.3 Å². The number of aliphatic hydroxyl groups excluding tert-OH is 1. The summed E-state index contributed by atoms with van der Waals surface area (Å²) in [6.45, 7) is 3.73. The molecule has 30 heavy (non-hydrogen) atoms. The first kappa shape index (κ1) is 22.5. The predicted octanol–water partition coefficient (Wildman–Crippen LogP) is -1.01. The normalized spacial score (nSPS) is 24.4. The number of aromatic amines is 1. The highest BCUT2D eigenvalue weighted by atomic mass is 31.2. The van der Waals surface area contributed by atoms with E-state index in [1.807, 2.05) is 0 Å². The van der Waals surface area contributed by atoms with Gasteiger partial charge in [-0.1, -0.05) is 5.21 Å². The first-order valence-corrected chi connectivity index (χ1v) is 10.8. The van der Waals surface area contributed by atoms with Gasteiger partial charge in [-0.25, -0.2) is 9.48 Å². The maximum atomic E-state index is 12.8. The largest absolute Gasteiger partial charge is 0.387 e. The Morgan fingerprint density at radius 1 is 1.30 bits per heavy atom. The van der Waals surface area contributed by atoms with Crippen LogP contribution in [0.5, 0.6) is 0 Å². The number of aromatic nitrogens is 5. The second kappa shape index (κ2) is 9.33. The summed E-state index contributed by atoms with van der Waals surface area (Å²) in [5, 5.41) is 18.4. The van der Waals surface area contributed by atoms with E-state index in [0.29, 0.717) is 0 Å². The van der Waals surface area contributed by atoms with Gasteiger partial charge in [-0.15, -0.1) is 5.10 Å². The molecule has 0 aliphatic carbocycles. The summed E-state index contributed by atoms with van der Waals surface area (Å²) < 4.78 is 36.9. The highest BCUT2D eigenvalue weighted by Gasteiger charge is 2.46. The van der Waals surface area contributed by atoms with E-state index in [1.165, 1.54) is 30.3 Å². The molecule has 2 aromatic rings. The Balaban J connectivity index is 1.80. The number of nitrogens with zero attached hydrogens (tertiary/aromatic N) is 4. The third kappa shape index (κ3) is 4.46. The molecule has 0 amide bonds. The van der Waals surface area contributed by atoms with Crippen molar-refractivity contribution in [1.29, 1.82) is 0 Å². The Morgan fingerprint density at radius 3 is 2.60 bits per heavy atom. The summed E-state index contributed by atoms with van der Waals surface area (Å²) in [6, 6.07) is 1.17. The van der Waals surface area contributed by atoms with Crippen molar-refractivity contribution >= 4 is 13.0 Å². The summed E-state index contributed by atoms with van der Waals surface area (Å²) in [5.74, 6) is 0. The highest BCUT2D eigenvalue weighted by Crippen LogP contribution is 2.45. The Kier molecular flexibility index (Phi) is 7.01. The Labute approximate surface area is 171 Å². The molecular weight excluding hydrogens is 421 g/mol. The summed E-state index contributed by atoms with van der Waals surface area (Å²) in [4.78, 5) is 25.5. The van der Waals surface area contributed by atoms with E-state index in [2.05, 4.69) is 15.3 Å². The van der Waals surface area contributed by atoms with Gasteiger partial charge in [0.2, 0.25) is 0 Å². The zero-order chi connectivity index (χ0) is 21.9. The quantitative estimate of drug-likeness (QED) is 0.458. The van der Waals surface area contributed by atoms with Gasteiger partial charge in [-0.3, -0.25) is 18.9 Å². The lowest BCUT2D eigenvalue weighted by atomic mass is 10.1. The van der Waals surface area contributed by atoms with Crippen molar-refractivity contribution in [1.82, 2.24) is 24.5 Å². The Hall–Kier alpha value is -2.15. The molecule has 0 bridgehead atoms. The lowest BCUT2D eigenvalue weighted by Crippen LogP contribution is -2.38. The minimum Gasteiger partial charge on any atom is -0.387 e. The van der Waals surface area contributed by atoms with Gasteiger partial charge in [0.05, 0.1) is 26.0 Å². The first-order valence-electron chi connectivity index (χ1n) is 9.30. The maximum absolute atomic E-state index is 12.8. The molecule has 0 spiro atoms. The van der Waals surface area contributed by atoms with E-state index in [-0.39, 0.29) is 25.2 Å². The number of H-pyrrole nitrogens is 1. The van der Waals surface area contributed by atoms with Crippen molar-refractivity contribution in [2.45, 2.75) is 44.9 Å². The van der Waals surface area contributed by atoms with E-state index in [4.69, 9.17) is 18.5 Å². The van der Waals surface area contributed by atoms with Gasteiger partial charge >= 0.3 is 13.3 Å². The van der Waals surface area contributed by atoms with Crippen LogP contribution in [0, 0.1) is 0 Å². The van der Waals surface area contributed by atoms with Gasteiger partial charge < -0.3 is 23.6 Å². The molecule has 3 rings (SSSR count). The van der Waals surface area contributed by atoms with Gasteiger partial charge in [-0.2, -0.15) is 0 Å². The van der Waals surface area contributed by atoms with Crippen molar-refractivity contribution < 1.29 is 28.2 Å². The van der Waals surface area contributed by atoms with E-state index in [0.717, 1.165) is 4.57 Å². The minimum absolute atomic E-state index is 0.0287. The fourth-order valence-corrected chi connectivity index (χ4v) is 4.62. The number of hydrogen-bond donors (Lipinski definition) is 2. The summed E-state index contributed by atoms with van der Waals surface area (Å²) >= 11 is 0. The van der Waals surface area contributed by atoms with Crippen LogP contribution in [0.15, 0.2) is 28.0 Å². The average molecular weight is 445 g/mol. The molecule has 13 nitrogen and oxygen atoms in total. The molecule has 2 aromatic heterocycles. The maximum Gasteiger partial charge on any atom is 0.383 e. The van der Waals surface area contributed by atoms with Crippen LogP contribution in [-0.2, 0) is 29.6 Å². The molecule has 0 aromatic carbocycles. The molecule has 1 fully saturated rings. The molecule has 166 valence electrons. The van der Waals surface area contributed by atoms with Crippen LogP contribution in [0.3, 0.4) is 0 Å². The lowest BCUT2D eigenvalue weighted by Gasteiger charge is -2.19. The molecular formula is C16H24N5O8P. The number of hydrogen-bond acceptors (Lipinski definition) is 10. The molecule has 1 saturated heterocycles. The van der Waals surface area contributed by atoms with Crippen molar-refractivity contribution in [3.8, 4) is 0 Å². The summed E-state index contributed by atoms with van der Waals surface area (Å²) in [5.41, 5.74) is -1.21. The highest BCUT2D eigenvalue weighted by molar-refractivity contribution is 7.61. The Bertz CT molecular complexity index is 1010. The smallest absolute Gasteiger partial charge is 0.383 e. The topological polar surface area (TPSA) is 160 Å². The van der Waals surface area contributed by atoms with Crippen molar-refractivity contribution in [2.75, 3.05) is 20.3 Å². The zero-order valence-corrected chi connectivity index (χ0v) is 17.6. The van der Waals surface area contributed by atoms with Crippen LogP contribution >= 0.6 is 7.60 Å². The molecule has 14 heteroatoms. The minimum atomic E-state index is -3.60. The number of aliphatic hydroxyl groups is 1. The van der Waals surface area contributed by atoms with Crippen LogP contribution in [0.1, 0.15) is 20.1 Å². The molecule has 2 N–H and O–H groups in total. The van der Waals surface area contributed by atoms with Gasteiger partial charge in [0.15, 0.2) is 11.7 Å². The van der Waals surface area contributed by atoms with Crippen LogP contribution < -0.4 is 16.7 Å². The van der Waals surface area contributed by atoms with Gasteiger partial charge in [-0.05, 0) is 13.8 Å².